The van der Waals surface area contributed by atoms with Crippen LogP contribution in [0.1, 0.15) is 20.7 Å². The smallest absolute Gasteiger partial charge is 0.180 e. The number of hydrogen-bond donors (Lipinski definition) is 0. The zero-order valence-corrected chi connectivity index (χ0v) is 18.5. The van der Waals surface area contributed by atoms with Crippen LogP contribution in [0.15, 0.2) is 52.7 Å². The summed E-state index contributed by atoms with van der Waals surface area (Å²) in [5.74, 6) is 0.897. The number of carbonyl (C=O) groups excluding carboxylic acids is 1. The van der Waals surface area contributed by atoms with Gasteiger partial charge in [-0.15, -0.1) is 23.1 Å². The van der Waals surface area contributed by atoms with Crippen molar-refractivity contribution in [2.45, 2.75) is 13.9 Å². The van der Waals surface area contributed by atoms with Crippen molar-refractivity contribution in [3.05, 3.63) is 59.7 Å². The van der Waals surface area contributed by atoms with Gasteiger partial charge in [-0.05, 0) is 30.0 Å². The minimum absolute atomic E-state index is 0.0968. The van der Waals surface area contributed by atoms with E-state index < -0.39 is 0 Å². The molecule has 2 atom stereocenters. The Bertz CT molecular complexity index is 890. The Balaban J connectivity index is 1.94. The third-order valence-electron chi connectivity index (χ3n) is 3.94. The summed E-state index contributed by atoms with van der Waals surface area (Å²) in [5, 5.41) is 1.03. The molecule has 3 rings (SSSR count). The SMILES string of the molecule is COc1ccc(C(Br)C(Br)C(=O)c2c(SC)sc3ccccc23)cc1. The first-order valence-corrected chi connectivity index (χ1v) is 11.5. The van der Waals surface area contributed by atoms with Gasteiger partial charge >= 0.3 is 0 Å². The number of methoxy groups -OCH3 is 1. The number of carbonyl (C=O) groups is 1. The van der Waals surface area contributed by atoms with Crippen molar-refractivity contribution in [3.8, 4) is 5.75 Å². The van der Waals surface area contributed by atoms with E-state index in [1.54, 1.807) is 30.2 Å². The molecule has 2 unspecified atom stereocenters. The molecular weight excluding hydrogens is 484 g/mol. The van der Waals surface area contributed by atoms with Gasteiger partial charge in [0.15, 0.2) is 5.78 Å². The largest absolute Gasteiger partial charge is 0.497 e. The molecule has 0 saturated carbocycles. The Morgan fingerprint density at radius 3 is 2.44 bits per heavy atom. The summed E-state index contributed by atoms with van der Waals surface area (Å²) in [4.78, 5) is 12.7. The number of fused-ring (bicyclic) bond motifs is 1. The Hall–Kier alpha value is -0.820. The number of thiophene rings is 1. The van der Waals surface area contributed by atoms with Crippen LogP contribution in [-0.2, 0) is 0 Å². The second-order valence-corrected chi connectivity index (χ2v) is 9.51. The molecule has 1 heterocycles. The predicted molar refractivity (Wildman–Crippen MR) is 115 cm³/mol. The number of thioether (sulfide) groups is 1. The summed E-state index contributed by atoms with van der Waals surface area (Å²) in [7, 11) is 1.64. The van der Waals surface area contributed by atoms with Crippen molar-refractivity contribution in [2.24, 2.45) is 0 Å². The third kappa shape index (κ3) is 3.82. The zero-order valence-electron chi connectivity index (χ0n) is 13.7. The predicted octanol–water partition coefficient (Wildman–Crippen LogP) is 6.71. The zero-order chi connectivity index (χ0) is 18.0. The Kier molecular flexibility index (Phi) is 6.25. The molecule has 0 amide bonds. The summed E-state index contributed by atoms with van der Waals surface area (Å²) in [6.45, 7) is 0. The van der Waals surface area contributed by atoms with Crippen LogP contribution in [0.5, 0.6) is 5.75 Å². The molecule has 0 aliphatic rings. The first-order chi connectivity index (χ1) is 12.1. The van der Waals surface area contributed by atoms with Crippen LogP contribution in [0, 0.1) is 0 Å². The lowest BCUT2D eigenvalue weighted by Gasteiger charge is -2.17. The van der Waals surface area contributed by atoms with Gasteiger partial charge in [0.25, 0.3) is 0 Å². The normalized spacial score (nSPS) is 13.6. The topological polar surface area (TPSA) is 26.3 Å². The van der Waals surface area contributed by atoms with E-state index in [1.807, 2.05) is 48.7 Å². The van der Waals surface area contributed by atoms with Gasteiger partial charge in [0.2, 0.25) is 0 Å². The molecule has 6 heteroatoms. The third-order valence-corrected chi connectivity index (χ3v) is 8.94. The van der Waals surface area contributed by atoms with Crippen LogP contribution >= 0.6 is 55.0 Å². The number of hydrogen-bond acceptors (Lipinski definition) is 4. The fourth-order valence-corrected chi connectivity index (χ4v) is 5.66. The van der Waals surface area contributed by atoms with E-state index in [0.29, 0.717) is 0 Å². The molecule has 0 spiro atoms. The van der Waals surface area contributed by atoms with E-state index in [9.17, 15) is 4.79 Å². The highest BCUT2D eigenvalue weighted by atomic mass is 79.9. The summed E-state index contributed by atoms with van der Waals surface area (Å²) < 4.78 is 7.40. The highest BCUT2D eigenvalue weighted by Gasteiger charge is 2.30. The molecule has 1 aromatic heterocycles. The average molecular weight is 500 g/mol. The Labute approximate surface area is 172 Å². The first-order valence-electron chi connectivity index (χ1n) is 7.58. The van der Waals surface area contributed by atoms with Crippen LogP contribution in [-0.4, -0.2) is 24.0 Å². The van der Waals surface area contributed by atoms with E-state index in [4.69, 9.17) is 4.74 Å². The molecule has 0 N–H and O–H groups in total. The maximum atomic E-state index is 13.2. The van der Waals surface area contributed by atoms with Crippen LogP contribution in [0.4, 0.5) is 0 Å². The van der Waals surface area contributed by atoms with Gasteiger partial charge in [0, 0.05) is 10.1 Å². The summed E-state index contributed by atoms with van der Waals surface area (Å²) in [6.07, 6.45) is 2.01. The minimum Gasteiger partial charge on any atom is -0.497 e. The highest BCUT2D eigenvalue weighted by molar-refractivity contribution is 9.12. The van der Waals surface area contributed by atoms with Gasteiger partial charge in [0.1, 0.15) is 5.75 Å². The van der Waals surface area contributed by atoms with E-state index in [-0.39, 0.29) is 15.4 Å². The summed E-state index contributed by atoms with van der Waals surface area (Å²) >= 11 is 10.6. The lowest BCUT2D eigenvalue weighted by Crippen LogP contribution is -2.19. The van der Waals surface area contributed by atoms with Gasteiger partial charge in [-0.25, -0.2) is 0 Å². The van der Waals surface area contributed by atoms with Gasteiger partial charge < -0.3 is 4.74 Å². The quantitative estimate of drug-likeness (QED) is 0.214. The van der Waals surface area contributed by atoms with Crippen LogP contribution < -0.4 is 4.74 Å². The number of rotatable bonds is 6. The second kappa shape index (κ2) is 8.25. The van der Waals surface area contributed by atoms with Gasteiger partial charge in [-0.1, -0.05) is 62.2 Å². The molecule has 0 fully saturated rings. The highest BCUT2D eigenvalue weighted by Crippen LogP contribution is 2.41. The molecular formula is C19H16Br2O2S2. The van der Waals surface area contributed by atoms with Crippen molar-refractivity contribution in [2.75, 3.05) is 13.4 Å². The van der Waals surface area contributed by atoms with Crippen molar-refractivity contribution >= 4 is 70.8 Å². The molecule has 25 heavy (non-hydrogen) atoms. The van der Waals surface area contributed by atoms with Crippen LogP contribution in [0.2, 0.25) is 0 Å². The van der Waals surface area contributed by atoms with Crippen LogP contribution in [0.3, 0.4) is 0 Å². The van der Waals surface area contributed by atoms with Gasteiger partial charge in [0.05, 0.1) is 26.5 Å². The number of benzene rings is 2. The molecule has 3 aromatic rings. The number of ketones is 1. The lowest BCUT2D eigenvalue weighted by atomic mass is 10.0. The van der Waals surface area contributed by atoms with Crippen molar-refractivity contribution < 1.29 is 9.53 Å². The molecule has 0 aliphatic heterocycles. The minimum atomic E-state index is -0.357. The van der Waals surface area contributed by atoms with Crippen LogP contribution in [0.25, 0.3) is 10.1 Å². The molecule has 0 aliphatic carbocycles. The standard InChI is InChI=1S/C19H16Br2O2S2/c1-23-12-9-7-11(8-10-12)16(20)17(21)18(22)15-13-5-3-4-6-14(13)25-19(15)24-2/h3-10,16-17H,1-2H3. The van der Waals surface area contributed by atoms with E-state index in [0.717, 1.165) is 31.2 Å². The Morgan fingerprint density at radius 2 is 1.80 bits per heavy atom. The van der Waals surface area contributed by atoms with Crippen molar-refractivity contribution in [3.63, 3.8) is 0 Å². The molecule has 0 radical (unpaired) electrons. The lowest BCUT2D eigenvalue weighted by molar-refractivity contribution is 0.0990. The molecule has 0 bridgehead atoms. The fraction of sp³-hybridized carbons (Fsp3) is 0.211. The first kappa shape index (κ1) is 19.0. The fourth-order valence-electron chi connectivity index (χ4n) is 2.63. The van der Waals surface area contributed by atoms with E-state index in [2.05, 4.69) is 37.9 Å². The number of alkyl halides is 2. The Morgan fingerprint density at radius 1 is 1.12 bits per heavy atom. The molecule has 130 valence electrons. The molecule has 0 saturated heterocycles. The second-order valence-electron chi connectivity index (χ2n) is 5.41. The van der Waals surface area contributed by atoms with Gasteiger partial charge in [-0.3, -0.25) is 4.79 Å². The van der Waals surface area contributed by atoms with Crippen molar-refractivity contribution in [1.82, 2.24) is 0 Å². The number of ether oxygens (including phenoxy) is 1. The van der Waals surface area contributed by atoms with E-state index >= 15 is 0 Å². The number of halogens is 2. The molecule has 2 aromatic carbocycles. The maximum absolute atomic E-state index is 13.2. The molecule has 2 nitrogen and oxygen atoms in total. The van der Waals surface area contributed by atoms with E-state index in [1.165, 1.54) is 0 Å². The van der Waals surface area contributed by atoms with Gasteiger partial charge in [-0.2, -0.15) is 0 Å². The van der Waals surface area contributed by atoms with Crippen molar-refractivity contribution in [1.29, 1.82) is 0 Å². The average Bonchev–Trinajstić information content (AvgIpc) is 3.05. The maximum Gasteiger partial charge on any atom is 0.180 e. The monoisotopic (exact) mass is 498 g/mol. The summed E-state index contributed by atoms with van der Waals surface area (Å²) in [5.41, 5.74) is 1.84. The number of Topliss-reactive ketones (excluding diaryl/α,β-unsaturated/α-hetero) is 1. The summed E-state index contributed by atoms with van der Waals surface area (Å²) in [6, 6.07) is 15.8.